The predicted octanol–water partition coefficient (Wildman–Crippen LogP) is 5.14. The average Bonchev–Trinajstić information content (AvgIpc) is 3.22. The van der Waals surface area contributed by atoms with Gasteiger partial charge in [0, 0.05) is 31.4 Å². The fourth-order valence-corrected chi connectivity index (χ4v) is 5.64. The van der Waals surface area contributed by atoms with Crippen molar-refractivity contribution < 1.29 is 4.79 Å². The number of fused-ring (bicyclic) bond motifs is 1. The van der Waals surface area contributed by atoms with E-state index in [-0.39, 0.29) is 5.41 Å². The van der Waals surface area contributed by atoms with E-state index in [4.69, 9.17) is 0 Å². The number of aryl methyl sites for hydroxylation is 1. The first-order valence-electron chi connectivity index (χ1n) is 10.5. The zero-order valence-corrected chi connectivity index (χ0v) is 16.3. The Morgan fingerprint density at radius 3 is 3.04 bits per heavy atom. The molecule has 3 nitrogen and oxygen atoms in total. The van der Waals surface area contributed by atoms with E-state index in [0.29, 0.717) is 17.9 Å². The average molecular weight is 353 g/mol. The van der Waals surface area contributed by atoms with E-state index in [1.807, 2.05) is 12.4 Å². The Hall–Kier alpha value is -1.64. The summed E-state index contributed by atoms with van der Waals surface area (Å²) in [4.78, 5) is 19.0. The van der Waals surface area contributed by atoms with Gasteiger partial charge in [-0.15, -0.1) is 0 Å². The highest BCUT2D eigenvalue weighted by atomic mass is 16.2. The molecular weight excluding hydrogens is 320 g/mol. The molecule has 3 aliphatic rings. The fourth-order valence-electron chi connectivity index (χ4n) is 5.64. The quantitative estimate of drug-likeness (QED) is 0.751. The van der Waals surface area contributed by atoms with Crippen LogP contribution in [0.5, 0.6) is 0 Å². The van der Waals surface area contributed by atoms with Crippen LogP contribution >= 0.6 is 0 Å². The summed E-state index contributed by atoms with van der Waals surface area (Å²) in [5.41, 5.74) is 4.44. The van der Waals surface area contributed by atoms with Crippen molar-refractivity contribution in [3.63, 3.8) is 0 Å². The van der Waals surface area contributed by atoms with Gasteiger partial charge in [0.05, 0.1) is 0 Å². The van der Waals surface area contributed by atoms with Gasteiger partial charge >= 0.3 is 0 Å². The minimum atomic E-state index is 0.257. The van der Waals surface area contributed by atoms with Crippen LogP contribution in [0.3, 0.4) is 0 Å². The van der Waals surface area contributed by atoms with E-state index < -0.39 is 0 Å². The minimum absolute atomic E-state index is 0.257. The highest BCUT2D eigenvalue weighted by molar-refractivity contribution is 5.77. The highest BCUT2D eigenvalue weighted by Crippen LogP contribution is 2.49. The molecule has 0 N–H and O–H groups in total. The molecule has 1 aliphatic carbocycles. The molecule has 1 amide bonds. The maximum absolute atomic E-state index is 12.3. The Morgan fingerprint density at radius 1 is 1.31 bits per heavy atom. The molecule has 2 saturated heterocycles. The summed E-state index contributed by atoms with van der Waals surface area (Å²) in [5.74, 6) is 1.10. The van der Waals surface area contributed by atoms with Crippen molar-refractivity contribution in [3.8, 4) is 0 Å². The lowest BCUT2D eigenvalue weighted by Crippen LogP contribution is -2.38. The summed E-state index contributed by atoms with van der Waals surface area (Å²) in [7, 11) is 0. The van der Waals surface area contributed by atoms with Crippen LogP contribution in [0.25, 0.3) is 5.57 Å². The molecule has 0 spiro atoms. The summed E-state index contributed by atoms with van der Waals surface area (Å²) < 4.78 is 0. The molecule has 4 rings (SSSR count). The van der Waals surface area contributed by atoms with Crippen molar-refractivity contribution in [1.29, 1.82) is 0 Å². The maximum Gasteiger partial charge on any atom is 0.222 e. The third-order valence-electron chi connectivity index (χ3n) is 7.22. The van der Waals surface area contributed by atoms with Gasteiger partial charge < -0.3 is 4.90 Å². The zero-order chi connectivity index (χ0) is 18.1. The summed E-state index contributed by atoms with van der Waals surface area (Å²) in [6.07, 6.45) is 16.8. The van der Waals surface area contributed by atoms with Gasteiger partial charge in [0.1, 0.15) is 0 Å². The first kappa shape index (κ1) is 17.8. The molecule has 26 heavy (non-hydrogen) atoms. The van der Waals surface area contributed by atoms with Crippen LogP contribution in [0.4, 0.5) is 0 Å². The monoisotopic (exact) mass is 352 g/mol. The van der Waals surface area contributed by atoms with Crippen LogP contribution in [-0.4, -0.2) is 28.4 Å². The Morgan fingerprint density at radius 2 is 2.19 bits per heavy atom. The van der Waals surface area contributed by atoms with Gasteiger partial charge in [0.25, 0.3) is 0 Å². The molecule has 0 aromatic carbocycles. The van der Waals surface area contributed by atoms with Crippen LogP contribution < -0.4 is 0 Å². The standard InChI is InChI=1S/C23H32N2O/c1-17-11-14-24-16-19(17)20-7-4-12-23(20,2)13-10-18-6-3-9-22(26)25-15-5-8-21(18)25/h7,11,14,16,18,21H,3-6,8-10,12-13,15H2,1-2H3. The molecule has 3 heterocycles. The van der Waals surface area contributed by atoms with Crippen LogP contribution in [-0.2, 0) is 4.79 Å². The van der Waals surface area contributed by atoms with E-state index in [1.54, 1.807) is 0 Å². The van der Waals surface area contributed by atoms with E-state index >= 15 is 0 Å². The summed E-state index contributed by atoms with van der Waals surface area (Å²) >= 11 is 0. The second-order valence-electron chi connectivity index (χ2n) is 8.90. The zero-order valence-electron chi connectivity index (χ0n) is 16.3. The normalized spacial score (nSPS) is 31.7. The Kier molecular flexibility index (Phi) is 4.90. The van der Waals surface area contributed by atoms with E-state index in [0.717, 1.165) is 19.4 Å². The van der Waals surface area contributed by atoms with Gasteiger partial charge in [-0.25, -0.2) is 0 Å². The smallest absolute Gasteiger partial charge is 0.222 e. The van der Waals surface area contributed by atoms with Gasteiger partial charge in [0.2, 0.25) is 5.91 Å². The SMILES string of the molecule is Cc1ccncc1C1=CCCC1(C)CCC1CCCC(=O)N2CCCC12. The van der Waals surface area contributed by atoms with Crippen molar-refractivity contribution in [1.82, 2.24) is 9.88 Å². The number of hydrogen-bond donors (Lipinski definition) is 0. The molecule has 2 aliphatic heterocycles. The van der Waals surface area contributed by atoms with Gasteiger partial charge in [-0.05, 0) is 92.4 Å². The minimum Gasteiger partial charge on any atom is -0.339 e. The van der Waals surface area contributed by atoms with E-state index in [9.17, 15) is 4.79 Å². The third kappa shape index (κ3) is 3.21. The number of hydrogen-bond acceptors (Lipinski definition) is 2. The number of carbonyl (C=O) groups excluding carboxylic acids is 1. The topological polar surface area (TPSA) is 33.2 Å². The molecule has 0 saturated carbocycles. The summed E-state index contributed by atoms with van der Waals surface area (Å²) in [6.45, 7) is 5.65. The van der Waals surface area contributed by atoms with Crippen LogP contribution in [0.1, 0.15) is 75.8 Å². The van der Waals surface area contributed by atoms with E-state index in [2.05, 4.69) is 35.9 Å². The van der Waals surface area contributed by atoms with Crippen molar-refractivity contribution in [2.24, 2.45) is 11.3 Å². The van der Waals surface area contributed by atoms with Crippen LogP contribution in [0.2, 0.25) is 0 Å². The third-order valence-corrected chi connectivity index (χ3v) is 7.22. The lowest BCUT2D eigenvalue weighted by atomic mass is 9.73. The molecule has 3 atom stereocenters. The molecule has 1 aromatic rings. The Balaban J connectivity index is 1.49. The van der Waals surface area contributed by atoms with Crippen molar-refractivity contribution in [3.05, 3.63) is 35.7 Å². The number of pyridine rings is 1. The first-order valence-corrected chi connectivity index (χ1v) is 10.5. The maximum atomic E-state index is 12.3. The molecule has 3 unspecified atom stereocenters. The second kappa shape index (κ2) is 7.17. The fraction of sp³-hybridized carbons (Fsp3) is 0.652. The number of aromatic nitrogens is 1. The second-order valence-corrected chi connectivity index (χ2v) is 8.90. The molecular formula is C23H32N2O. The summed E-state index contributed by atoms with van der Waals surface area (Å²) in [6, 6.07) is 2.64. The van der Waals surface area contributed by atoms with Crippen molar-refractivity contribution in [2.75, 3.05) is 6.54 Å². The van der Waals surface area contributed by atoms with Crippen LogP contribution in [0.15, 0.2) is 24.5 Å². The Bertz CT molecular complexity index is 710. The van der Waals surface area contributed by atoms with Crippen molar-refractivity contribution in [2.45, 2.75) is 77.7 Å². The predicted molar refractivity (Wildman–Crippen MR) is 106 cm³/mol. The largest absolute Gasteiger partial charge is 0.339 e. The molecule has 2 fully saturated rings. The van der Waals surface area contributed by atoms with Gasteiger partial charge in [0.15, 0.2) is 0 Å². The lowest BCUT2D eigenvalue weighted by molar-refractivity contribution is -0.131. The lowest BCUT2D eigenvalue weighted by Gasteiger charge is -2.34. The number of allylic oxidation sites excluding steroid dienone is 2. The first-order chi connectivity index (χ1) is 12.6. The number of amides is 1. The highest BCUT2D eigenvalue weighted by Gasteiger charge is 2.39. The number of carbonyl (C=O) groups is 1. The molecule has 140 valence electrons. The van der Waals surface area contributed by atoms with Gasteiger partial charge in [-0.3, -0.25) is 9.78 Å². The van der Waals surface area contributed by atoms with E-state index in [1.165, 1.54) is 61.6 Å². The molecule has 1 aromatic heterocycles. The van der Waals surface area contributed by atoms with Crippen molar-refractivity contribution >= 4 is 11.5 Å². The molecule has 0 radical (unpaired) electrons. The Labute approximate surface area is 157 Å². The van der Waals surface area contributed by atoms with Gasteiger partial charge in [-0.2, -0.15) is 0 Å². The van der Waals surface area contributed by atoms with Crippen LogP contribution in [0, 0.1) is 18.3 Å². The number of nitrogens with zero attached hydrogens (tertiary/aromatic N) is 2. The van der Waals surface area contributed by atoms with Gasteiger partial charge in [-0.1, -0.05) is 13.0 Å². The number of rotatable bonds is 4. The summed E-state index contributed by atoms with van der Waals surface area (Å²) in [5, 5.41) is 0. The molecule has 3 heteroatoms. The molecule has 0 bridgehead atoms.